The first-order valence-electron chi connectivity index (χ1n) is 9.93. The van der Waals surface area contributed by atoms with Crippen molar-refractivity contribution in [2.24, 2.45) is 0 Å². The molecule has 0 aliphatic heterocycles. The largest absolute Gasteiger partial charge is 0.487 e. The number of carbonyl (C=O) groups is 1. The molecular formula is C23H22ClFN2O5S. The number of hydrogen-bond donors (Lipinski definition) is 2. The monoisotopic (exact) mass is 492 g/mol. The molecule has 10 heteroatoms. The van der Waals surface area contributed by atoms with Crippen molar-refractivity contribution in [1.29, 1.82) is 0 Å². The van der Waals surface area contributed by atoms with Gasteiger partial charge in [0.1, 0.15) is 23.4 Å². The third-order valence-corrected chi connectivity index (χ3v) is 6.56. The van der Waals surface area contributed by atoms with Gasteiger partial charge >= 0.3 is 5.97 Å². The van der Waals surface area contributed by atoms with Crippen LogP contribution in [0.25, 0.3) is 0 Å². The van der Waals surface area contributed by atoms with Gasteiger partial charge in [0.2, 0.25) is 0 Å². The third kappa shape index (κ3) is 6.21. The van der Waals surface area contributed by atoms with Gasteiger partial charge in [0.05, 0.1) is 16.9 Å². The highest BCUT2D eigenvalue weighted by Gasteiger charge is 2.23. The van der Waals surface area contributed by atoms with E-state index in [4.69, 9.17) is 21.4 Å². The van der Waals surface area contributed by atoms with Crippen LogP contribution < -0.4 is 9.46 Å². The molecule has 0 aliphatic rings. The van der Waals surface area contributed by atoms with E-state index in [0.717, 1.165) is 0 Å². The quantitative estimate of drug-likeness (QED) is 0.434. The number of benzene rings is 2. The fraction of sp³-hybridized carbons (Fsp3) is 0.217. The first kappa shape index (κ1) is 24.5. The second-order valence-electron chi connectivity index (χ2n) is 7.43. The van der Waals surface area contributed by atoms with E-state index < -0.39 is 22.2 Å². The van der Waals surface area contributed by atoms with E-state index in [0.29, 0.717) is 16.1 Å². The zero-order valence-electron chi connectivity index (χ0n) is 17.9. The summed E-state index contributed by atoms with van der Waals surface area (Å²) in [4.78, 5) is 14.9. The number of nitrogens with zero attached hydrogens (tertiary/aromatic N) is 1. The summed E-state index contributed by atoms with van der Waals surface area (Å²) in [7, 11) is -4.11. The predicted octanol–water partition coefficient (Wildman–Crippen LogP) is 5.02. The van der Waals surface area contributed by atoms with Crippen molar-refractivity contribution < 1.29 is 27.4 Å². The molecule has 0 aliphatic carbocycles. The molecule has 0 amide bonds. The smallest absolute Gasteiger partial charge is 0.335 e. The summed E-state index contributed by atoms with van der Waals surface area (Å²) < 4.78 is 48.1. The number of ether oxygens (including phenoxy) is 1. The molecule has 1 atom stereocenters. The fourth-order valence-electron chi connectivity index (χ4n) is 3.05. The Hall–Kier alpha value is -3.17. The van der Waals surface area contributed by atoms with Crippen molar-refractivity contribution in [3.05, 3.63) is 82.1 Å². The normalized spacial score (nSPS) is 12.2. The number of sulfonamides is 1. The van der Waals surface area contributed by atoms with Crippen LogP contribution in [0, 0.1) is 6.92 Å². The van der Waals surface area contributed by atoms with Crippen LogP contribution in [0.4, 0.5) is 10.1 Å². The Morgan fingerprint density at radius 3 is 2.58 bits per heavy atom. The second kappa shape index (κ2) is 10.2. The maximum Gasteiger partial charge on any atom is 0.335 e. The van der Waals surface area contributed by atoms with Crippen molar-refractivity contribution in [3.63, 3.8) is 0 Å². The average molecular weight is 493 g/mol. The highest BCUT2D eigenvalue weighted by atomic mass is 35.5. The molecule has 0 fully saturated rings. The standard InChI is InChI=1S/C23H22ClFN2O5S/c1-14-10-19(27-33(30,31)22-4-3-9-26-20(22)11-15(2)25)21(12-18(14)24)32-13-16-5-7-17(8-6-16)23(28)29/h3-10,12,15,27H,11,13H2,1-2H3,(H,28,29)/t15-/m1/s1. The van der Waals surface area contributed by atoms with Crippen LogP contribution in [0.15, 0.2) is 59.6 Å². The van der Waals surface area contributed by atoms with Crippen LogP contribution in [0.1, 0.15) is 34.1 Å². The van der Waals surface area contributed by atoms with Crippen molar-refractivity contribution >= 4 is 33.3 Å². The predicted molar refractivity (Wildman–Crippen MR) is 123 cm³/mol. The van der Waals surface area contributed by atoms with E-state index >= 15 is 0 Å². The molecule has 2 aromatic carbocycles. The van der Waals surface area contributed by atoms with Crippen molar-refractivity contribution in [3.8, 4) is 5.75 Å². The molecule has 0 saturated heterocycles. The van der Waals surface area contributed by atoms with Crippen molar-refractivity contribution in [2.45, 2.75) is 37.9 Å². The molecule has 3 aromatic rings. The Kier molecular flexibility index (Phi) is 7.55. The lowest BCUT2D eigenvalue weighted by Crippen LogP contribution is -2.18. The first-order chi connectivity index (χ1) is 15.6. The van der Waals surface area contributed by atoms with Crippen molar-refractivity contribution in [2.75, 3.05) is 4.72 Å². The highest BCUT2D eigenvalue weighted by molar-refractivity contribution is 7.92. The molecule has 33 heavy (non-hydrogen) atoms. The number of aromatic nitrogens is 1. The van der Waals surface area contributed by atoms with Gasteiger partial charge in [-0.05, 0) is 55.3 Å². The Bertz CT molecular complexity index is 1260. The summed E-state index contributed by atoms with van der Waals surface area (Å²) >= 11 is 6.22. The highest BCUT2D eigenvalue weighted by Crippen LogP contribution is 2.34. The lowest BCUT2D eigenvalue weighted by Gasteiger charge is -2.17. The van der Waals surface area contributed by atoms with Gasteiger partial charge in [-0.1, -0.05) is 23.7 Å². The van der Waals surface area contributed by atoms with E-state index in [-0.39, 0.29) is 40.6 Å². The van der Waals surface area contributed by atoms with E-state index in [9.17, 15) is 17.6 Å². The molecule has 1 aromatic heterocycles. The van der Waals surface area contributed by atoms with Crippen LogP contribution in [0.5, 0.6) is 5.75 Å². The average Bonchev–Trinajstić information content (AvgIpc) is 2.75. The van der Waals surface area contributed by atoms with Gasteiger partial charge in [0, 0.05) is 23.7 Å². The zero-order valence-corrected chi connectivity index (χ0v) is 19.5. The number of rotatable bonds is 9. The lowest BCUT2D eigenvalue weighted by molar-refractivity contribution is 0.0696. The zero-order chi connectivity index (χ0) is 24.2. The van der Waals surface area contributed by atoms with Crippen LogP contribution in [-0.2, 0) is 23.1 Å². The van der Waals surface area contributed by atoms with Gasteiger partial charge < -0.3 is 9.84 Å². The molecule has 0 saturated carbocycles. The van der Waals surface area contributed by atoms with Gasteiger partial charge in [-0.15, -0.1) is 0 Å². The Labute approximate surface area is 196 Å². The van der Waals surface area contributed by atoms with Crippen LogP contribution in [-0.4, -0.2) is 30.6 Å². The minimum absolute atomic E-state index is 0.0471. The maximum atomic E-state index is 13.6. The van der Waals surface area contributed by atoms with E-state index in [1.165, 1.54) is 49.5 Å². The summed E-state index contributed by atoms with van der Waals surface area (Å²) in [5.41, 5.74) is 1.71. The van der Waals surface area contributed by atoms with Gasteiger partial charge in [-0.25, -0.2) is 17.6 Å². The molecule has 3 rings (SSSR count). The molecule has 2 N–H and O–H groups in total. The summed E-state index contributed by atoms with van der Waals surface area (Å²) in [6.07, 6.45) is -0.00205. The SMILES string of the molecule is Cc1cc(NS(=O)(=O)c2cccnc2C[C@@H](C)F)c(OCc2ccc(C(=O)O)cc2)cc1Cl. The van der Waals surface area contributed by atoms with E-state index in [1.807, 2.05) is 0 Å². The molecule has 0 unspecified atom stereocenters. The molecule has 0 radical (unpaired) electrons. The van der Waals surface area contributed by atoms with Gasteiger partial charge in [0.15, 0.2) is 0 Å². The maximum absolute atomic E-state index is 13.6. The minimum Gasteiger partial charge on any atom is -0.487 e. The number of hydrogen-bond acceptors (Lipinski definition) is 5. The number of alkyl halides is 1. The fourth-order valence-corrected chi connectivity index (χ4v) is 4.47. The number of aromatic carboxylic acids is 1. The molecule has 1 heterocycles. The van der Waals surface area contributed by atoms with Gasteiger partial charge in [-0.2, -0.15) is 0 Å². The molecular weight excluding hydrogens is 471 g/mol. The molecule has 0 spiro atoms. The van der Waals surface area contributed by atoms with Crippen LogP contribution >= 0.6 is 11.6 Å². The number of aryl methyl sites for hydroxylation is 1. The topological polar surface area (TPSA) is 106 Å². The molecule has 0 bridgehead atoms. The van der Waals surface area contributed by atoms with Crippen LogP contribution in [0.2, 0.25) is 5.02 Å². The van der Waals surface area contributed by atoms with Crippen molar-refractivity contribution in [1.82, 2.24) is 4.98 Å². The van der Waals surface area contributed by atoms with Gasteiger partial charge in [-0.3, -0.25) is 9.71 Å². The number of carboxylic acid groups (broad SMARTS) is 1. The number of carboxylic acids is 1. The van der Waals surface area contributed by atoms with E-state index in [1.54, 1.807) is 19.1 Å². The Morgan fingerprint density at radius 1 is 1.24 bits per heavy atom. The van der Waals surface area contributed by atoms with E-state index in [2.05, 4.69) is 9.71 Å². The Balaban J connectivity index is 1.89. The summed E-state index contributed by atoms with van der Waals surface area (Å²) in [6.45, 7) is 3.09. The molecule has 7 nitrogen and oxygen atoms in total. The number of nitrogens with one attached hydrogen (secondary N) is 1. The minimum atomic E-state index is -4.11. The Morgan fingerprint density at radius 2 is 1.94 bits per heavy atom. The summed E-state index contributed by atoms with van der Waals surface area (Å²) in [5, 5.41) is 9.39. The lowest BCUT2D eigenvalue weighted by atomic mass is 10.1. The molecule has 174 valence electrons. The number of pyridine rings is 1. The third-order valence-electron chi connectivity index (χ3n) is 4.71. The number of halogens is 2. The first-order valence-corrected chi connectivity index (χ1v) is 11.8. The second-order valence-corrected chi connectivity index (χ2v) is 9.48. The van der Waals surface area contributed by atoms with Crippen LogP contribution in [0.3, 0.4) is 0 Å². The number of anilines is 1. The summed E-state index contributed by atoms with van der Waals surface area (Å²) in [6, 6.07) is 12.0. The summed E-state index contributed by atoms with van der Waals surface area (Å²) in [5.74, 6) is -0.859. The van der Waals surface area contributed by atoms with Gasteiger partial charge in [0.25, 0.3) is 10.0 Å².